The third kappa shape index (κ3) is 3.29. The first-order valence-corrected chi connectivity index (χ1v) is 8.81. The second-order valence-electron chi connectivity index (χ2n) is 6.24. The molecule has 1 aliphatic rings. The Morgan fingerprint density at radius 2 is 1.74 bits per heavy atom. The van der Waals surface area contributed by atoms with Gasteiger partial charge in [0.1, 0.15) is 5.15 Å². The van der Waals surface area contributed by atoms with E-state index in [0.717, 1.165) is 16.8 Å². The molecule has 2 heterocycles. The second-order valence-corrected chi connectivity index (χ2v) is 6.60. The Kier molecular flexibility index (Phi) is 4.38. The molecule has 0 unspecified atom stereocenters. The Balaban J connectivity index is 1.72. The quantitative estimate of drug-likeness (QED) is 0.499. The van der Waals surface area contributed by atoms with Crippen molar-refractivity contribution in [3.8, 4) is 5.69 Å². The van der Waals surface area contributed by atoms with Crippen LogP contribution in [0, 0.1) is 13.8 Å². The van der Waals surface area contributed by atoms with Gasteiger partial charge in [0, 0.05) is 11.1 Å². The molecule has 0 bridgehead atoms. The molecule has 0 N–H and O–H groups in total. The van der Waals surface area contributed by atoms with Gasteiger partial charge in [0.25, 0.3) is 0 Å². The van der Waals surface area contributed by atoms with Crippen molar-refractivity contribution in [3.63, 3.8) is 0 Å². The molecule has 27 heavy (non-hydrogen) atoms. The fourth-order valence-electron chi connectivity index (χ4n) is 2.78. The smallest absolute Gasteiger partial charge is 0.363 e. The highest BCUT2D eigenvalue weighted by molar-refractivity contribution is 6.31. The van der Waals surface area contributed by atoms with Crippen LogP contribution in [0.15, 0.2) is 65.3 Å². The fraction of sp³-hybridized carbons (Fsp3) is 0.0952. The molecule has 6 heteroatoms. The van der Waals surface area contributed by atoms with Crippen molar-refractivity contribution in [2.45, 2.75) is 13.8 Å². The van der Waals surface area contributed by atoms with E-state index < -0.39 is 5.97 Å². The van der Waals surface area contributed by atoms with Crippen LogP contribution in [0.4, 0.5) is 0 Å². The Morgan fingerprint density at radius 1 is 1.04 bits per heavy atom. The molecular weight excluding hydrogens is 362 g/mol. The van der Waals surface area contributed by atoms with Crippen molar-refractivity contribution >= 4 is 29.5 Å². The number of aliphatic imine (C=N–C) groups is 1. The van der Waals surface area contributed by atoms with Crippen molar-refractivity contribution in [2.75, 3.05) is 0 Å². The van der Waals surface area contributed by atoms with Crippen LogP contribution in [-0.4, -0.2) is 21.6 Å². The number of hydrogen-bond donors (Lipinski definition) is 0. The summed E-state index contributed by atoms with van der Waals surface area (Å²) in [5.41, 5.74) is 4.25. The molecule has 5 nitrogen and oxygen atoms in total. The summed E-state index contributed by atoms with van der Waals surface area (Å²) in [5.74, 6) is -0.219. The topological polar surface area (TPSA) is 56.5 Å². The molecule has 2 aromatic carbocycles. The van der Waals surface area contributed by atoms with Crippen LogP contribution < -0.4 is 0 Å². The highest BCUT2D eigenvalue weighted by Crippen LogP contribution is 2.27. The zero-order valence-corrected chi connectivity index (χ0v) is 15.6. The van der Waals surface area contributed by atoms with Crippen LogP contribution in [0.2, 0.25) is 5.15 Å². The standard InChI is InChI=1S/C21H16ClN3O2/c1-13-8-10-15(11-9-13)20-23-18(21(26)27-20)12-17-14(2)24-25(19(17)22)16-6-4-3-5-7-16/h3-12H,1-2H3/b18-12+. The number of ether oxygens (including phenoxy) is 1. The first kappa shape index (κ1) is 17.2. The molecule has 0 saturated carbocycles. The van der Waals surface area contributed by atoms with Crippen LogP contribution in [-0.2, 0) is 9.53 Å². The maximum Gasteiger partial charge on any atom is 0.363 e. The van der Waals surface area contributed by atoms with E-state index in [0.29, 0.717) is 16.4 Å². The number of hydrogen-bond acceptors (Lipinski definition) is 4. The number of nitrogens with zero attached hydrogens (tertiary/aromatic N) is 3. The van der Waals surface area contributed by atoms with Gasteiger partial charge in [0.05, 0.1) is 11.4 Å². The van der Waals surface area contributed by atoms with Crippen molar-refractivity contribution < 1.29 is 9.53 Å². The van der Waals surface area contributed by atoms with Gasteiger partial charge in [0.15, 0.2) is 5.70 Å². The van der Waals surface area contributed by atoms with E-state index in [-0.39, 0.29) is 11.6 Å². The minimum atomic E-state index is -0.506. The van der Waals surface area contributed by atoms with E-state index in [1.54, 1.807) is 10.8 Å². The van der Waals surface area contributed by atoms with Gasteiger partial charge in [0.2, 0.25) is 5.90 Å². The summed E-state index contributed by atoms with van der Waals surface area (Å²) in [6.45, 7) is 3.83. The Hall–Kier alpha value is -3.18. The van der Waals surface area contributed by atoms with E-state index in [4.69, 9.17) is 16.3 Å². The lowest BCUT2D eigenvalue weighted by Gasteiger charge is -2.01. The number of benzene rings is 2. The number of esters is 1. The molecule has 0 spiro atoms. The lowest BCUT2D eigenvalue weighted by molar-refractivity contribution is -0.129. The molecule has 3 aromatic rings. The Bertz CT molecular complexity index is 1080. The molecule has 0 amide bonds. The summed E-state index contributed by atoms with van der Waals surface area (Å²) in [7, 11) is 0. The summed E-state index contributed by atoms with van der Waals surface area (Å²) in [4.78, 5) is 16.6. The van der Waals surface area contributed by atoms with Crippen molar-refractivity contribution in [2.24, 2.45) is 4.99 Å². The van der Waals surface area contributed by atoms with Gasteiger partial charge in [-0.15, -0.1) is 0 Å². The number of cyclic esters (lactones) is 1. The van der Waals surface area contributed by atoms with Crippen LogP contribution in [0.5, 0.6) is 0 Å². The number of para-hydroxylation sites is 1. The lowest BCUT2D eigenvalue weighted by atomic mass is 10.1. The molecule has 0 radical (unpaired) electrons. The SMILES string of the molecule is Cc1ccc(C2=N/C(=C/c3c(C)nn(-c4ccccc4)c3Cl)C(=O)O2)cc1. The predicted molar refractivity (Wildman–Crippen MR) is 105 cm³/mol. The van der Waals surface area contributed by atoms with E-state index >= 15 is 0 Å². The highest BCUT2D eigenvalue weighted by atomic mass is 35.5. The maximum absolute atomic E-state index is 12.3. The molecule has 0 fully saturated rings. The fourth-order valence-corrected chi connectivity index (χ4v) is 3.11. The third-order valence-corrected chi connectivity index (χ3v) is 4.61. The lowest BCUT2D eigenvalue weighted by Crippen LogP contribution is -2.05. The molecule has 1 aromatic heterocycles. The Labute approximate surface area is 161 Å². The van der Waals surface area contributed by atoms with E-state index in [1.165, 1.54) is 0 Å². The van der Waals surface area contributed by atoms with Crippen molar-refractivity contribution in [1.82, 2.24) is 9.78 Å². The Morgan fingerprint density at radius 3 is 2.44 bits per heavy atom. The van der Waals surface area contributed by atoms with Crippen LogP contribution in [0.25, 0.3) is 11.8 Å². The van der Waals surface area contributed by atoms with Gasteiger partial charge in [-0.2, -0.15) is 5.10 Å². The number of aromatic nitrogens is 2. The van der Waals surface area contributed by atoms with Gasteiger partial charge < -0.3 is 4.74 Å². The van der Waals surface area contributed by atoms with Gasteiger partial charge in [-0.3, -0.25) is 0 Å². The summed E-state index contributed by atoms with van der Waals surface area (Å²) < 4.78 is 6.95. The summed E-state index contributed by atoms with van der Waals surface area (Å²) >= 11 is 6.52. The van der Waals surface area contributed by atoms with Crippen molar-refractivity contribution in [3.05, 3.63) is 87.8 Å². The van der Waals surface area contributed by atoms with Gasteiger partial charge in [-0.05, 0) is 44.2 Å². The molecule has 1 aliphatic heterocycles. The average molecular weight is 378 g/mol. The van der Waals surface area contributed by atoms with E-state index in [1.807, 2.05) is 68.4 Å². The zero-order chi connectivity index (χ0) is 19.0. The van der Waals surface area contributed by atoms with Crippen LogP contribution in [0.1, 0.15) is 22.4 Å². The van der Waals surface area contributed by atoms with Crippen molar-refractivity contribution in [1.29, 1.82) is 0 Å². The molecule has 0 saturated heterocycles. The van der Waals surface area contributed by atoms with E-state index in [9.17, 15) is 4.79 Å². The van der Waals surface area contributed by atoms with Crippen LogP contribution >= 0.6 is 11.6 Å². The zero-order valence-electron chi connectivity index (χ0n) is 14.8. The summed E-state index contributed by atoms with van der Waals surface area (Å²) in [6.07, 6.45) is 1.62. The van der Waals surface area contributed by atoms with Crippen LogP contribution in [0.3, 0.4) is 0 Å². The monoisotopic (exact) mass is 377 g/mol. The van der Waals surface area contributed by atoms with Gasteiger partial charge in [-0.1, -0.05) is 47.5 Å². The second kappa shape index (κ2) is 6.85. The largest absolute Gasteiger partial charge is 0.402 e. The molecular formula is C21H16ClN3O2. The van der Waals surface area contributed by atoms with Gasteiger partial charge >= 0.3 is 5.97 Å². The first-order chi connectivity index (χ1) is 13.0. The number of carbonyl (C=O) groups excluding carboxylic acids is 1. The summed E-state index contributed by atoms with van der Waals surface area (Å²) in [6, 6.07) is 17.2. The molecule has 134 valence electrons. The molecule has 4 rings (SSSR count). The number of halogens is 1. The molecule has 0 atom stereocenters. The number of carbonyl (C=O) groups is 1. The average Bonchev–Trinajstić information content (AvgIpc) is 3.18. The first-order valence-electron chi connectivity index (χ1n) is 8.43. The summed E-state index contributed by atoms with van der Waals surface area (Å²) in [5, 5.41) is 4.89. The number of aryl methyl sites for hydroxylation is 2. The van der Waals surface area contributed by atoms with Gasteiger partial charge in [-0.25, -0.2) is 14.5 Å². The predicted octanol–water partition coefficient (Wildman–Crippen LogP) is 4.49. The minimum absolute atomic E-state index is 0.197. The third-order valence-electron chi connectivity index (χ3n) is 4.25. The highest BCUT2D eigenvalue weighted by Gasteiger charge is 2.25. The number of rotatable bonds is 3. The maximum atomic E-state index is 12.3. The normalized spacial score (nSPS) is 15.1. The minimum Gasteiger partial charge on any atom is -0.402 e. The molecule has 0 aliphatic carbocycles. The van der Waals surface area contributed by atoms with E-state index in [2.05, 4.69) is 10.1 Å².